The monoisotopic (exact) mass is 230 g/mol. The molecule has 0 radical (unpaired) electrons. The van der Waals surface area contributed by atoms with Gasteiger partial charge in [0.05, 0.1) is 7.11 Å². The Morgan fingerprint density at radius 2 is 2.42 bits per heavy atom. The molecule has 0 aliphatic rings. The zero-order valence-corrected chi connectivity index (χ0v) is 7.96. The van der Waals surface area contributed by atoms with E-state index >= 15 is 0 Å². The number of rotatable bonds is 2. The van der Waals surface area contributed by atoms with Crippen LogP contribution in [0.3, 0.4) is 0 Å². The van der Waals surface area contributed by atoms with Crippen molar-refractivity contribution in [3.05, 3.63) is 28.5 Å². The van der Waals surface area contributed by atoms with Crippen LogP contribution in [0.5, 0.6) is 0 Å². The number of halogens is 1. The fourth-order valence-corrected chi connectivity index (χ4v) is 0.890. The average Bonchev–Trinajstić information content (AvgIpc) is 2.06. The van der Waals surface area contributed by atoms with E-state index in [1.807, 2.05) is 0 Å². The van der Waals surface area contributed by atoms with Crippen molar-refractivity contribution in [2.75, 3.05) is 7.11 Å². The van der Waals surface area contributed by atoms with E-state index in [2.05, 4.69) is 31.2 Å². The standard InChI is InChI=1S/C7H7BrN2O2/c1-12-10-7(11)6-3-2-5(8)4-9-6/h2-4H,1H3,(H,10,11). The van der Waals surface area contributed by atoms with Crippen molar-refractivity contribution >= 4 is 21.8 Å². The molecular weight excluding hydrogens is 224 g/mol. The number of pyridine rings is 1. The van der Waals surface area contributed by atoms with E-state index in [0.29, 0.717) is 5.69 Å². The topological polar surface area (TPSA) is 51.2 Å². The number of hydroxylamine groups is 1. The van der Waals surface area contributed by atoms with Gasteiger partial charge in [-0.2, -0.15) is 0 Å². The lowest BCUT2D eigenvalue weighted by molar-refractivity contribution is 0.0532. The Labute approximate surface area is 78.0 Å². The summed E-state index contributed by atoms with van der Waals surface area (Å²) in [5.41, 5.74) is 2.48. The zero-order chi connectivity index (χ0) is 8.97. The maximum atomic E-state index is 11.0. The van der Waals surface area contributed by atoms with Crippen molar-refractivity contribution in [3.8, 4) is 0 Å². The van der Waals surface area contributed by atoms with Crippen molar-refractivity contribution in [2.45, 2.75) is 0 Å². The summed E-state index contributed by atoms with van der Waals surface area (Å²) < 4.78 is 0.830. The molecule has 0 aromatic carbocycles. The Hall–Kier alpha value is -0.940. The van der Waals surface area contributed by atoms with E-state index < -0.39 is 0 Å². The Morgan fingerprint density at radius 3 is 2.92 bits per heavy atom. The lowest BCUT2D eigenvalue weighted by Gasteiger charge is -1.99. The van der Waals surface area contributed by atoms with E-state index in [0.717, 1.165) is 4.47 Å². The second-order valence-electron chi connectivity index (χ2n) is 2.00. The van der Waals surface area contributed by atoms with Crippen molar-refractivity contribution in [1.29, 1.82) is 0 Å². The van der Waals surface area contributed by atoms with Gasteiger partial charge in [0.15, 0.2) is 0 Å². The molecule has 0 fully saturated rings. The van der Waals surface area contributed by atoms with Crippen LogP contribution in [0.1, 0.15) is 10.5 Å². The molecule has 1 N–H and O–H groups in total. The third kappa shape index (κ3) is 2.28. The average molecular weight is 231 g/mol. The number of aromatic nitrogens is 1. The third-order valence-electron chi connectivity index (χ3n) is 1.15. The molecule has 0 aliphatic heterocycles. The minimum atomic E-state index is -0.356. The Bertz CT molecular complexity index is 273. The predicted molar refractivity (Wildman–Crippen MR) is 46.4 cm³/mol. The van der Waals surface area contributed by atoms with Gasteiger partial charge in [-0.3, -0.25) is 9.63 Å². The second-order valence-corrected chi connectivity index (χ2v) is 2.91. The number of carbonyl (C=O) groups is 1. The van der Waals surface area contributed by atoms with Crippen LogP contribution < -0.4 is 5.48 Å². The van der Waals surface area contributed by atoms with Crippen LogP contribution in [0.4, 0.5) is 0 Å². The first-order valence-electron chi connectivity index (χ1n) is 3.19. The molecule has 0 aliphatic carbocycles. The van der Waals surface area contributed by atoms with E-state index in [-0.39, 0.29) is 5.91 Å². The van der Waals surface area contributed by atoms with Gasteiger partial charge in [-0.05, 0) is 28.1 Å². The Kier molecular flexibility index (Phi) is 3.19. The van der Waals surface area contributed by atoms with Gasteiger partial charge >= 0.3 is 0 Å². The minimum absolute atomic E-state index is 0.319. The van der Waals surface area contributed by atoms with Gasteiger partial charge in [0, 0.05) is 10.7 Å². The highest BCUT2D eigenvalue weighted by molar-refractivity contribution is 9.10. The highest BCUT2D eigenvalue weighted by Crippen LogP contribution is 2.06. The minimum Gasteiger partial charge on any atom is -0.277 e. The van der Waals surface area contributed by atoms with E-state index in [1.165, 1.54) is 7.11 Å². The van der Waals surface area contributed by atoms with Crippen molar-refractivity contribution in [2.24, 2.45) is 0 Å². The number of nitrogens with zero attached hydrogens (tertiary/aromatic N) is 1. The first-order valence-corrected chi connectivity index (χ1v) is 3.98. The van der Waals surface area contributed by atoms with E-state index in [9.17, 15) is 4.79 Å². The van der Waals surface area contributed by atoms with Crippen LogP contribution in [0.2, 0.25) is 0 Å². The van der Waals surface area contributed by atoms with Gasteiger partial charge in [0.1, 0.15) is 5.69 Å². The summed E-state index contributed by atoms with van der Waals surface area (Å²) in [6, 6.07) is 3.33. The quantitative estimate of drug-likeness (QED) is 0.776. The lowest BCUT2D eigenvalue weighted by Crippen LogP contribution is -2.22. The maximum absolute atomic E-state index is 11.0. The summed E-state index contributed by atoms with van der Waals surface area (Å²) in [5.74, 6) is -0.356. The normalized spacial score (nSPS) is 9.50. The largest absolute Gasteiger partial charge is 0.293 e. The molecule has 1 amide bonds. The molecule has 1 heterocycles. The van der Waals surface area contributed by atoms with Crippen LogP contribution in [0.25, 0.3) is 0 Å². The van der Waals surface area contributed by atoms with Gasteiger partial charge in [-0.25, -0.2) is 10.5 Å². The highest BCUT2D eigenvalue weighted by Gasteiger charge is 2.04. The van der Waals surface area contributed by atoms with Gasteiger partial charge in [-0.1, -0.05) is 0 Å². The molecule has 0 saturated carbocycles. The number of nitrogens with one attached hydrogen (secondary N) is 1. The first-order chi connectivity index (χ1) is 5.74. The van der Waals surface area contributed by atoms with E-state index in [4.69, 9.17) is 0 Å². The van der Waals surface area contributed by atoms with Crippen LogP contribution in [0.15, 0.2) is 22.8 Å². The molecule has 64 valence electrons. The fourth-order valence-electron chi connectivity index (χ4n) is 0.655. The second kappa shape index (κ2) is 4.18. The zero-order valence-electron chi connectivity index (χ0n) is 6.37. The van der Waals surface area contributed by atoms with Crippen LogP contribution in [-0.4, -0.2) is 18.0 Å². The molecule has 1 aromatic rings. The maximum Gasteiger partial charge on any atom is 0.293 e. The number of hydrogen-bond acceptors (Lipinski definition) is 3. The van der Waals surface area contributed by atoms with Gasteiger partial charge in [0.25, 0.3) is 5.91 Å². The summed E-state index contributed by atoms with van der Waals surface area (Å²) in [4.78, 5) is 19.3. The molecule has 0 unspecified atom stereocenters. The van der Waals surface area contributed by atoms with E-state index in [1.54, 1.807) is 18.3 Å². The summed E-state index contributed by atoms with van der Waals surface area (Å²) in [7, 11) is 1.37. The summed E-state index contributed by atoms with van der Waals surface area (Å²) in [6.07, 6.45) is 1.55. The molecule has 5 heteroatoms. The van der Waals surface area contributed by atoms with Gasteiger partial charge in [0.2, 0.25) is 0 Å². The smallest absolute Gasteiger partial charge is 0.277 e. The Balaban J connectivity index is 2.75. The van der Waals surface area contributed by atoms with Gasteiger partial charge in [-0.15, -0.1) is 0 Å². The molecule has 0 saturated heterocycles. The molecule has 1 rings (SSSR count). The van der Waals surface area contributed by atoms with Crippen molar-refractivity contribution < 1.29 is 9.63 Å². The molecule has 12 heavy (non-hydrogen) atoms. The van der Waals surface area contributed by atoms with Crippen molar-refractivity contribution in [1.82, 2.24) is 10.5 Å². The molecule has 1 aromatic heterocycles. The third-order valence-corrected chi connectivity index (χ3v) is 1.62. The molecule has 0 atom stereocenters. The fraction of sp³-hybridized carbons (Fsp3) is 0.143. The predicted octanol–water partition coefficient (Wildman–Crippen LogP) is 1.14. The Morgan fingerprint density at radius 1 is 1.67 bits per heavy atom. The molecular formula is C7H7BrN2O2. The summed E-state index contributed by atoms with van der Waals surface area (Å²) in [5, 5.41) is 0. The molecule has 4 nitrogen and oxygen atoms in total. The lowest BCUT2D eigenvalue weighted by atomic mass is 10.3. The molecule has 0 spiro atoms. The molecule has 0 bridgehead atoms. The summed E-state index contributed by atoms with van der Waals surface area (Å²) in [6.45, 7) is 0. The van der Waals surface area contributed by atoms with Crippen LogP contribution in [-0.2, 0) is 4.84 Å². The number of carbonyl (C=O) groups excluding carboxylic acids is 1. The first kappa shape index (κ1) is 9.15. The van der Waals surface area contributed by atoms with Crippen molar-refractivity contribution in [3.63, 3.8) is 0 Å². The summed E-state index contributed by atoms with van der Waals surface area (Å²) >= 11 is 3.21. The van der Waals surface area contributed by atoms with Crippen LogP contribution in [0, 0.1) is 0 Å². The SMILES string of the molecule is CONC(=O)c1ccc(Br)cn1. The van der Waals surface area contributed by atoms with Crippen LogP contribution >= 0.6 is 15.9 Å². The highest BCUT2D eigenvalue weighted by atomic mass is 79.9. The number of hydrogen-bond donors (Lipinski definition) is 1. The number of amides is 1. The van der Waals surface area contributed by atoms with Gasteiger partial charge < -0.3 is 0 Å².